The van der Waals surface area contributed by atoms with Crippen LogP contribution in [-0.4, -0.2) is 19.9 Å². The largest absolute Gasteiger partial charge is 0.345 e. The van der Waals surface area contributed by atoms with Crippen molar-refractivity contribution in [3.63, 3.8) is 0 Å². The van der Waals surface area contributed by atoms with Gasteiger partial charge in [0.05, 0.1) is 5.52 Å². The summed E-state index contributed by atoms with van der Waals surface area (Å²) < 4.78 is 0. The summed E-state index contributed by atoms with van der Waals surface area (Å²) in [4.78, 5) is 15.1. The minimum atomic E-state index is 0.922. The van der Waals surface area contributed by atoms with Gasteiger partial charge in [0.15, 0.2) is 0 Å². The number of imidazole rings is 1. The maximum Gasteiger partial charge on any atom is 0.137 e. The fourth-order valence-corrected chi connectivity index (χ4v) is 1.94. The van der Waals surface area contributed by atoms with Crippen LogP contribution in [0.2, 0.25) is 0 Å². The number of nitrogens with one attached hydrogen (secondary N) is 1. The molecular formula is C17H14N4. The number of nitrogens with zero attached hydrogens (tertiary/aromatic N) is 3. The maximum atomic E-state index is 4.13. The van der Waals surface area contributed by atoms with Crippen molar-refractivity contribution in [2.45, 2.75) is 0 Å². The molecule has 4 nitrogen and oxygen atoms in total. The fourth-order valence-electron chi connectivity index (χ4n) is 1.94. The van der Waals surface area contributed by atoms with Crippen LogP contribution in [0, 0.1) is 0 Å². The molecule has 2 aromatic heterocycles. The summed E-state index contributed by atoms with van der Waals surface area (Å²) in [5.41, 5.74) is 2.12. The van der Waals surface area contributed by atoms with Gasteiger partial charge in [-0.3, -0.25) is 0 Å². The van der Waals surface area contributed by atoms with Gasteiger partial charge in [-0.2, -0.15) is 0 Å². The number of para-hydroxylation sites is 1. The Kier molecular flexibility index (Phi) is 3.98. The first-order valence-electron chi connectivity index (χ1n) is 6.63. The Hall–Kier alpha value is -3.01. The number of hydrogen-bond acceptors (Lipinski definition) is 3. The summed E-state index contributed by atoms with van der Waals surface area (Å²) in [5, 5.41) is 1.09. The van der Waals surface area contributed by atoms with Gasteiger partial charge in [0, 0.05) is 29.5 Å². The summed E-state index contributed by atoms with van der Waals surface area (Å²) in [7, 11) is 0. The highest BCUT2D eigenvalue weighted by Gasteiger charge is 1.94. The topological polar surface area (TPSA) is 54.5 Å². The van der Waals surface area contributed by atoms with Crippen molar-refractivity contribution in [2.24, 2.45) is 0 Å². The van der Waals surface area contributed by atoms with Crippen LogP contribution in [0.15, 0.2) is 79.5 Å². The zero-order valence-electron chi connectivity index (χ0n) is 11.3. The van der Waals surface area contributed by atoms with E-state index in [0.717, 1.165) is 22.3 Å². The van der Waals surface area contributed by atoms with Gasteiger partial charge in [0.1, 0.15) is 12.2 Å². The second-order valence-corrected chi connectivity index (χ2v) is 4.39. The lowest BCUT2D eigenvalue weighted by Crippen LogP contribution is -1.77. The van der Waals surface area contributed by atoms with Crippen molar-refractivity contribution in [1.82, 2.24) is 19.9 Å². The van der Waals surface area contributed by atoms with Gasteiger partial charge in [-0.15, -0.1) is 0 Å². The molecule has 2 heterocycles. The van der Waals surface area contributed by atoms with Crippen molar-refractivity contribution in [3.8, 4) is 11.4 Å². The molecule has 0 unspecified atom stereocenters. The highest BCUT2D eigenvalue weighted by molar-refractivity contribution is 5.76. The van der Waals surface area contributed by atoms with E-state index in [1.165, 1.54) is 0 Å². The van der Waals surface area contributed by atoms with E-state index < -0.39 is 0 Å². The van der Waals surface area contributed by atoms with Crippen molar-refractivity contribution in [1.29, 1.82) is 0 Å². The molecule has 0 saturated carbocycles. The third-order valence-electron chi connectivity index (χ3n) is 2.96. The monoisotopic (exact) mass is 274 g/mol. The first-order chi connectivity index (χ1) is 10.4. The van der Waals surface area contributed by atoms with Gasteiger partial charge in [-0.1, -0.05) is 48.5 Å². The van der Waals surface area contributed by atoms with E-state index in [2.05, 4.69) is 19.9 Å². The Morgan fingerprint density at radius 3 is 2.38 bits per heavy atom. The Labute approximate surface area is 122 Å². The van der Waals surface area contributed by atoms with Gasteiger partial charge in [-0.05, 0) is 6.07 Å². The molecule has 4 aromatic rings. The first-order valence-corrected chi connectivity index (χ1v) is 6.63. The van der Waals surface area contributed by atoms with Crippen LogP contribution in [-0.2, 0) is 0 Å². The number of aromatic amines is 1. The van der Waals surface area contributed by atoms with Gasteiger partial charge >= 0.3 is 0 Å². The molecule has 0 aliphatic rings. The predicted molar refractivity (Wildman–Crippen MR) is 83.6 cm³/mol. The Balaban J connectivity index is 0.000000126. The van der Waals surface area contributed by atoms with Crippen molar-refractivity contribution >= 4 is 10.9 Å². The van der Waals surface area contributed by atoms with Crippen LogP contribution in [0.25, 0.3) is 22.3 Å². The maximum absolute atomic E-state index is 4.13. The van der Waals surface area contributed by atoms with Crippen LogP contribution in [0.3, 0.4) is 0 Å². The Morgan fingerprint density at radius 2 is 1.62 bits per heavy atom. The molecule has 0 aliphatic heterocycles. The van der Waals surface area contributed by atoms with Crippen molar-refractivity contribution < 1.29 is 0 Å². The lowest BCUT2D eigenvalue weighted by molar-refractivity contribution is 1.22. The van der Waals surface area contributed by atoms with Gasteiger partial charge < -0.3 is 4.98 Å². The summed E-state index contributed by atoms with van der Waals surface area (Å²) in [6, 6.07) is 18.0. The number of aromatic nitrogens is 4. The summed E-state index contributed by atoms with van der Waals surface area (Å²) in [6.07, 6.45) is 6.94. The fraction of sp³-hybridized carbons (Fsp3) is 0. The molecule has 0 spiro atoms. The molecule has 102 valence electrons. The summed E-state index contributed by atoms with van der Waals surface area (Å²) >= 11 is 0. The van der Waals surface area contributed by atoms with Crippen LogP contribution in [0.1, 0.15) is 0 Å². The lowest BCUT2D eigenvalue weighted by atomic mass is 10.2. The van der Waals surface area contributed by atoms with Crippen molar-refractivity contribution in [3.05, 3.63) is 79.5 Å². The molecule has 0 bridgehead atoms. The second-order valence-electron chi connectivity index (χ2n) is 4.39. The van der Waals surface area contributed by atoms with E-state index in [1.807, 2.05) is 67.0 Å². The van der Waals surface area contributed by atoms with Gasteiger partial charge in [0.25, 0.3) is 0 Å². The van der Waals surface area contributed by atoms with E-state index in [-0.39, 0.29) is 0 Å². The number of fused-ring (bicyclic) bond motifs is 1. The smallest absolute Gasteiger partial charge is 0.137 e. The molecule has 0 atom stereocenters. The average molecular weight is 274 g/mol. The molecule has 1 N–H and O–H groups in total. The predicted octanol–water partition coefficient (Wildman–Crippen LogP) is 3.71. The zero-order valence-corrected chi connectivity index (χ0v) is 11.3. The van der Waals surface area contributed by atoms with Crippen LogP contribution < -0.4 is 0 Å². The van der Waals surface area contributed by atoms with Gasteiger partial charge in [-0.25, -0.2) is 15.0 Å². The number of hydrogen-bond donors (Lipinski definition) is 1. The van der Waals surface area contributed by atoms with E-state index in [9.17, 15) is 0 Å². The zero-order chi connectivity index (χ0) is 14.3. The van der Waals surface area contributed by atoms with E-state index in [4.69, 9.17) is 0 Å². The minimum Gasteiger partial charge on any atom is -0.345 e. The SMILES string of the molecule is c1ccc(-c2ncc[nH]2)cc1.c1ccc2ncncc2c1. The minimum absolute atomic E-state index is 0.922. The van der Waals surface area contributed by atoms with E-state index >= 15 is 0 Å². The third kappa shape index (κ3) is 3.30. The second kappa shape index (κ2) is 6.43. The molecule has 0 saturated heterocycles. The molecular weight excluding hydrogens is 260 g/mol. The van der Waals surface area contributed by atoms with E-state index in [0.29, 0.717) is 0 Å². The average Bonchev–Trinajstić information content (AvgIpc) is 3.11. The summed E-state index contributed by atoms with van der Waals surface area (Å²) in [6.45, 7) is 0. The van der Waals surface area contributed by atoms with E-state index in [1.54, 1.807) is 12.5 Å². The lowest BCUT2D eigenvalue weighted by Gasteiger charge is -1.92. The normalized spacial score (nSPS) is 9.90. The third-order valence-corrected chi connectivity index (χ3v) is 2.96. The van der Waals surface area contributed by atoms with Crippen LogP contribution >= 0.6 is 0 Å². The van der Waals surface area contributed by atoms with Gasteiger partial charge in [0.2, 0.25) is 0 Å². The summed E-state index contributed by atoms with van der Waals surface area (Å²) in [5.74, 6) is 0.922. The standard InChI is InChI=1S/C9H8N2.C8H6N2/c1-2-4-8(5-3-1)9-10-6-7-11-9;1-2-4-8-7(3-1)5-9-6-10-8/h1-7H,(H,10,11);1-6H. The van der Waals surface area contributed by atoms with Crippen LogP contribution in [0.5, 0.6) is 0 Å². The first kappa shape index (κ1) is 13.0. The molecule has 4 rings (SSSR count). The molecule has 2 aromatic carbocycles. The molecule has 0 amide bonds. The number of rotatable bonds is 1. The number of benzene rings is 2. The molecule has 0 aliphatic carbocycles. The van der Waals surface area contributed by atoms with Crippen molar-refractivity contribution in [2.75, 3.05) is 0 Å². The molecule has 0 radical (unpaired) electrons. The highest BCUT2D eigenvalue weighted by atomic mass is 14.9. The highest BCUT2D eigenvalue weighted by Crippen LogP contribution is 2.11. The molecule has 4 heteroatoms. The Morgan fingerprint density at radius 1 is 0.810 bits per heavy atom. The molecule has 21 heavy (non-hydrogen) atoms. The molecule has 0 fully saturated rings. The van der Waals surface area contributed by atoms with Crippen LogP contribution in [0.4, 0.5) is 0 Å². The Bertz CT molecular complexity index is 730. The quantitative estimate of drug-likeness (QED) is 0.575. The number of H-pyrrole nitrogens is 1.